The third kappa shape index (κ3) is 5.66. The molecule has 1 atom stereocenters. The Kier molecular flexibility index (Phi) is 6.18. The number of hydrogen-bond donors (Lipinski definition) is 3. The van der Waals surface area contributed by atoms with Gasteiger partial charge in [-0.2, -0.15) is 0 Å². The van der Waals surface area contributed by atoms with Crippen LogP contribution in [0.3, 0.4) is 0 Å². The first-order chi connectivity index (χ1) is 14.4. The van der Waals surface area contributed by atoms with Gasteiger partial charge in [-0.05, 0) is 69.7 Å². The zero-order valence-corrected chi connectivity index (χ0v) is 18.9. The number of hydrogen-bond acceptors (Lipinski definition) is 6. The molecule has 0 saturated heterocycles. The van der Waals surface area contributed by atoms with Gasteiger partial charge in [-0.1, -0.05) is 13.3 Å². The Morgan fingerprint density at radius 1 is 1.10 bits per heavy atom. The van der Waals surface area contributed by atoms with Crippen LogP contribution in [-0.4, -0.2) is 25.7 Å². The minimum Gasteiger partial charge on any atom is -0.460 e. The third-order valence-corrected chi connectivity index (χ3v) is 6.08. The van der Waals surface area contributed by atoms with E-state index in [1.54, 1.807) is 18.2 Å². The zero-order chi connectivity index (χ0) is 22.9. The number of anilines is 3. The highest BCUT2D eigenvalue weighted by atomic mass is 32.2. The second-order valence-electron chi connectivity index (χ2n) is 8.67. The second kappa shape index (κ2) is 8.37. The maximum atomic E-state index is 13.1. The number of nitrogens with one attached hydrogen (secondary N) is 3. The number of halogens is 1. The Morgan fingerprint density at radius 3 is 2.35 bits per heavy atom. The molecule has 0 saturated carbocycles. The van der Waals surface area contributed by atoms with Gasteiger partial charge in [0.2, 0.25) is 0 Å². The van der Waals surface area contributed by atoms with Crippen molar-refractivity contribution < 1.29 is 22.3 Å². The zero-order valence-electron chi connectivity index (χ0n) is 18.1. The molecular formula is C22H28FN3O4S. The van der Waals surface area contributed by atoms with Crippen LogP contribution in [0.2, 0.25) is 0 Å². The van der Waals surface area contributed by atoms with Gasteiger partial charge >= 0.3 is 5.97 Å². The lowest BCUT2D eigenvalue weighted by molar-refractivity contribution is -0.155. The third-order valence-electron chi connectivity index (χ3n) is 4.69. The largest absolute Gasteiger partial charge is 0.460 e. The van der Waals surface area contributed by atoms with Crippen molar-refractivity contribution in [1.82, 2.24) is 0 Å². The monoisotopic (exact) mass is 449 g/mol. The van der Waals surface area contributed by atoms with Crippen molar-refractivity contribution in [2.45, 2.75) is 63.1 Å². The summed E-state index contributed by atoms with van der Waals surface area (Å²) in [5, 5.41) is 6.71. The van der Waals surface area contributed by atoms with E-state index in [0.29, 0.717) is 17.8 Å². The van der Waals surface area contributed by atoms with Crippen LogP contribution in [0.25, 0.3) is 0 Å². The lowest BCUT2D eigenvalue weighted by Crippen LogP contribution is -2.45. The standard InChI is InChI=1S/C22H28FN3O4S/c1-5-12-22(14-20(27)30-21(2,3)4)24-18-11-8-16(13-19(18)25-22)26-31(28,29)17-9-6-15(23)7-10-17/h6-11,13,24-26H,5,12,14H2,1-4H3. The Morgan fingerprint density at radius 2 is 1.74 bits per heavy atom. The van der Waals surface area contributed by atoms with E-state index in [9.17, 15) is 17.6 Å². The van der Waals surface area contributed by atoms with Gasteiger partial charge < -0.3 is 15.4 Å². The number of fused-ring (bicyclic) bond motifs is 1. The number of sulfonamides is 1. The molecule has 0 aliphatic carbocycles. The Labute approximate surface area is 182 Å². The molecule has 0 spiro atoms. The van der Waals surface area contributed by atoms with E-state index in [0.717, 1.165) is 24.2 Å². The number of carbonyl (C=O) groups is 1. The highest BCUT2D eigenvalue weighted by molar-refractivity contribution is 7.92. The predicted molar refractivity (Wildman–Crippen MR) is 119 cm³/mol. The van der Waals surface area contributed by atoms with Crippen LogP contribution >= 0.6 is 0 Å². The van der Waals surface area contributed by atoms with Crippen molar-refractivity contribution >= 4 is 33.1 Å². The van der Waals surface area contributed by atoms with Crippen LogP contribution in [0.1, 0.15) is 47.0 Å². The lowest BCUT2D eigenvalue weighted by atomic mass is 10.0. The molecule has 2 aromatic carbocycles. The van der Waals surface area contributed by atoms with Crippen LogP contribution in [0.15, 0.2) is 47.4 Å². The van der Waals surface area contributed by atoms with Crippen LogP contribution in [0.4, 0.5) is 21.5 Å². The summed E-state index contributed by atoms with van der Waals surface area (Å²) in [4.78, 5) is 12.4. The molecule has 0 amide bonds. The van der Waals surface area contributed by atoms with Crippen LogP contribution in [0, 0.1) is 5.82 Å². The number of rotatable bonds is 7. The fourth-order valence-electron chi connectivity index (χ4n) is 3.55. The van der Waals surface area contributed by atoms with Crippen LogP contribution < -0.4 is 15.4 Å². The van der Waals surface area contributed by atoms with Gasteiger partial charge in [-0.15, -0.1) is 0 Å². The van der Waals surface area contributed by atoms with Crippen molar-refractivity contribution in [2.75, 3.05) is 15.4 Å². The van der Waals surface area contributed by atoms with E-state index in [-0.39, 0.29) is 17.3 Å². The lowest BCUT2D eigenvalue weighted by Gasteiger charge is -2.31. The fraction of sp³-hybridized carbons (Fsp3) is 0.409. The maximum absolute atomic E-state index is 13.1. The topological polar surface area (TPSA) is 96.5 Å². The number of benzene rings is 2. The summed E-state index contributed by atoms with van der Waals surface area (Å²) in [5.41, 5.74) is 0.496. The second-order valence-corrected chi connectivity index (χ2v) is 10.3. The molecule has 0 fully saturated rings. The molecule has 168 valence electrons. The first-order valence-corrected chi connectivity index (χ1v) is 11.6. The van der Waals surface area contributed by atoms with Gasteiger partial charge in [-0.3, -0.25) is 9.52 Å². The van der Waals surface area contributed by atoms with Crippen LogP contribution in [-0.2, 0) is 19.6 Å². The van der Waals surface area contributed by atoms with E-state index in [1.165, 1.54) is 12.1 Å². The molecule has 3 N–H and O–H groups in total. The summed E-state index contributed by atoms with van der Waals surface area (Å²) >= 11 is 0. The first kappa shape index (κ1) is 22.9. The van der Waals surface area contributed by atoms with Crippen molar-refractivity contribution in [2.24, 2.45) is 0 Å². The Balaban J connectivity index is 1.79. The molecule has 7 nitrogen and oxygen atoms in total. The van der Waals surface area contributed by atoms with Crippen molar-refractivity contribution in [1.29, 1.82) is 0 Å². The molecule has 0 aromatic heterocycles. The molecule has 1 unspecified atom stereocenters. The average Bonchev–Trinajstić information content (AvgIpc) is 2.97. The summed E-state index contributed by atoms with van der Waals surface area (Å²) in [5.74, 6) is -0.838. The van der Waals surface area contributed by atoms with Crippen molar-refractivity contribution in [3.8, 4) is 0 Å². The van der Waals surface area contributed by atoms with Gasteiger partial charge in [0.05, 0.1) is 28.4 Å². The number of ether oxygens (including phenoxy) is 1. The van der Waals surface area contributed by atoms with Gasteiger partial charge in [0.1, 0.15) is 17.1 Å². The highest BCUT2D eigenvalue weighted by Gasteiger charge is 2.39. The van der Waals surface area contributed by atoms with Gasteiger partial charge in [0.15, 0.2) is 0 Å². The molecule has 9 heteroatoms. The van der Waals surface area contributed by atoms with E-state index < -0.39 is 27.1 Å². The molecule has 1 aliphatic rings. The van der Waals surface area contributed by atoms with Gasteiger partial charge in [0.25, 0.3) is 10.0 Å². The molecule has 0 bridgehead atoms. The highest BCUT2D eigenvalue weighted by Crippen LogP contribution is 2.40. The van der Waals surface area contributed by atoms with E-state index in [2.05, 4.69) is 15.4 Å². The van der Waals surface area contributed by atoms with E-state index in [4.69, 9.17) is 4.74 Å². The summed E-state index contributed by atoms with van der Waals surface area (Å²) in [7, 11) is -3.86. The molecule has 1 aliphatic heterocycles. The van der Waals surface area contributed by atoms with E-state index in [1.807, 2.05) is 27.7 Å². The minimum atomic E-state index is -3.86. The normalized spacial score (nSPS) is 18.0. The molecule has 2 aromatic rings. The summed E-state index contributed by atoms with van der Waals surface area (Å²) in [6, 6.07) is 9.64. The number of carbonyl (C=O) groups excluding carboxylic acids is 1. The molecular weight excluding hydrogens is 421 g/mol. The van der Waals surface area contributed by atoms with Crippen molar-refractivity contribution in [3.63, 3.8) is 0 Å². The molecule has 1 heterocycles. The van der Waals surface area contributed by atoms with Crippen LogP contribution in [0.5, 0.6) is 0 Å². The SMILES string of the molecule is CCCC1(CC(=O)OC(C)(C)C)Nc2ccc(NS(=O)(=O)c3ccc(F)cc3)cc2N1. The molecule has 3 rings (SSSR count). The first-order valence-electron chi connectivity index (χ1n) is 10.1. The minimum absolute atomic E-state index is 0.0364. The van der Waals surface area contributed by atoms with Gasteiger partial charge in [0, 0.05) is 0 Å². The van der Waals surface area contributed by atoms with E-state index >= 15 is 0 Å². The molecule has 31 heavy (non-hydrogen) atoms. The summed E-state index contributed by atoms with van der Waals surface area (Å²) < 4.78 is 46.3. The fourth-order valence-corrected chi connectivity index (χ4v) is 4.60. The Hall–Kier alpha value is -2.81. The smallest absolute Gasteiger partial charge is 0.310 e. The maximum Gasteiger partial charge on any atom is 0.310 e. The summed E-state index contributed by atoms with van der Waals surface area (Å²) in [6.07, 6.45) is 1.60. The quantitative estimate of drug-likeness (QED) is 0.531. The van der Waals surface area contributed by atoms with Crippen molar-refractivity contribution in [3.05, 3.63) is 48.3 Å². The average molecular weight is 450 g/mol. The van der Waals surface area contributed by atoms with Gasteiger partial charge in [-0.25, -0.2) is 12.8 Å². The predicted octanol–water partition coefficient (Wildman–Crippen LogP) is 4.69. The summed E-state index contributed by atoms with van der Waals surface area (Å²) in [6.45, 7) is 7.48. The number of esters is 1. The molecule has 0 radical (unpaired) electrons. The Bertz CT molecular complexity index is 1070.